The molecule has 3 N–H and O–H groups in total. The fraction of sp³-hybridized carbons (Fsp3) is 0.176. The van der Waals surface area contributed by atoms with Gasteiger partial charge in [0.25, 0.3) is 0 Å². The number of hydrogen-bond acceptors (Lipinski definition) is 2. The molecular weight excluding hydrogens is 276 g/mol. The van der Waals surface area contributed by atoms with Gasteiger partial charge in [-0.1, -0.05) is 30.3 Å². The van der Waals surface area contributed by atoms with Gasteiger partial charge in [0.1, 0.15) is 0 Å². The van der Waals surface area contributed by atoms with Crippen LogP contribution in [0.2, 0.25) is 0 Å². The average molecular weight is 294 g/mol. The fourth-order valence-corrected chi connectivity index (χ4v) is 2.33. The number of H-pyrrole nitrogens is 1. The number of rotatable bonds is 5. The summed E-state index contributed by atoms with van der Waals surface area (Å²) in [4.78, 5) is 11.9. The number of anilines is 1. The summed E-state index contributed by atoms with van der Waals surface area (Å²) < 4.78 is 0. The van der Waals surface area contributed by atoms with Crippen LogP contribution in [-0.4, -0.2) is 22.8 Å². The molecule has 0 saturated carbocycles. The number of fused-ring (bicyclic) bond motifs is 1. The van der Waals surface area contributed by atoms with Crippen LogP contribution < -0.4 is 10.6 Å². The Morgan fingerprint density at radius 2 is 2.00 bits per heavy atom. The molecular formula is C17H18N4O. The van der Waals surface area contributed by atoms with Crippen molar-refractivity contribution in [3.63, 3.8) is 0 Å². The van der Waals surface area contributed by atoms with Crippen LogP contribution in [-0.2, 0) is 6.42 Å². The van der Waals surface area contributed by atoms with Gasteiger partial charge in [-0.2, -0.15) is 5.10 Å². The second-order valence-electron chi connectivity index (χ2n) is 5.14. The molecule has 2 amide bonds. The molecule has 0 saturated heterocycles. The summed E-state index contributed by atoms with van der Waals surface area (Å²) in [6.45, 7) is 0.646. The van der Waals surface area contributed by atoms with Crippen molar-refractivity contribution in [2.24, 2.45) is 0 Å². The molecule has 0 fully saturated rings. The molecule has 5 nitrogen and oxygen atoms in total. The highest BCUT2D eigenvalue weighted by Crippen LogP contribution is 2.16. The maximum absolute atomic E-state index is 11.9. The van der Waals surface area contributed by atoms with Gasteiger partial charge >= 0.3 is 6.03 Å². The SMILES string of the molecule is O=C(NCCCc1ccccc1)Nc1ccc2cn[nH]c2c1. The molecule has 0 radical (unpaired) electrons. The minimum Gasteiger partial charge on any atom is -0.338 e. The first-order chi connectivity index (χ1) is 10.8. The Bertz CT molecular complexity index is 751. The van der Waals surface area contributed by atoms with Gasteiger partial charge in [0.05, 0.1) is 11.7 Å². The Hall–Kier alpha value is -2.82. The third kappa shape index (κ3) is 3.63. The largest absolute Gasteiger partial charge is 0.338 e. The van der Waals surface area contributed by atoms with Crippen LogP contribution in [0.25, 0.3) is 10.9 Å². The van der Waals surface area contributed by atoms with Crippen molar-refractivity contribution in [2.45, 2.75) is 12.8 Å². The van der Waals surface area contributed by atoms with E-state index < -0.39 is 0 Å². The van der Waals surface area contributed by atoms with Gasteiger partial charge in [0.2, 0.25) is 0 Å². The summed E-state index contributed by atoms with van der Waals surface area (Å²) in [7, 11) is 0. The lowest BCUT2D eigenvalue weighted by molar-refractivity contribution is 0.252. The Balaban J connectivity index is 1.44. The Kier molecular flexibility index (Phi) is 4.34. The lowest BCUT2D eigenvalue weighted by Crippen LogP contribution is -2.29. The lowest BCUT2D eigenvalue weighted by atomic mass is 10.1. The molecule has 0 aliphatic heterocycles. The quantitative estimate of drug-likeness (QED) is 0.632. The molecule has 0 aliphatic carbocycles. The molecule has 112 valence electrons. The number of nitrogens with one attached hydrogen (secondary N) is 3. The van der Waals surface area contributed by atoms with Crippen molar-refractivity contribution >= 4 is 22.6 Å². The van der Waals surface area contributed by atoms with E-state index in [1.807, 2.05) is 36.4 Å². The molecule has 0 bridgehead atoms. The zero-order valence-electron chi connectivity index (χ0n) is 12.2. The van der Waals surface area contributed by atoms with Crippen LogP contribution in [0, 0.1) is 0 Å². The number of benzene rings is 2. The summed E-state index contributed by atoms with van der Waals surface area (Å²) >= 11 is 0. The Morgan fingerprint density at radius 1 is 1.14 bits per heavy atom. The molecule has 22 heavy (non-hydrogen) atoms. The van der Waals surface area contributed by atoms with Gasteiger partial charge in [-0.05, 0) is 36.6 Å². The summed E-state index contributed by atoms with van der Waals surface area (Å²) in [5.41, 5.74) is 2.94. The lowest BCUT2D eigenvalue weighted by Gasteiger charge is -2.07. The molecule has 0 atom stereocenters. The predicted octanol–water partition coefficient (Wildman–Crippen LogP) is 3.32. The number of carbonyl (C=O) groups is 1. The standard InChI is InChI=1S/C17H18N4O/c22-17(18-10-4-7-13-5-2-1-3-6-13)20-15-9-8-14-12-19-21-16(14)11-15/h1-3,5-6,8-9,11-12H,4,7,10H2,(H,19,21)(H2,18,20,22). The van der Waals surface area contributed by atoms with Gasteiger partial charge in [0.15, 0.2) is 0 Å². The second-order valence-corrected chi connectivity index (χ2v) is 5.14. The van der Waals surface area contributed by atoms with Gasteiger partial charge in [0, 0.05) is 17.6 Å². The van der Waals surface area contributed by atoms with Crippen LogP contribution in [0.15, 0.2) is 54.7 Å². The van der Waals surface area contributed by atoms with Gasteiger partial charge in [-0.15, -0.1) is 0 Å². The van der Waals surface area contributed by atoms with Crippen molar-refractivity contribution in [3.05, 3.63) is 60.3 Å². The number of aromatic amines is 1. The Morgan fingerprint density at radius 3 is 2.86 bits per heavy atom. The summed E-state index contributed by atoms with van der Waals surface area (Å²) in [5, 5.41) is 13.6. The number of carbonyl (C=O) groups excluding carboxylic acids is 1. The van der Waals surface area contributed by atoms with E-state index in [0.717, 1.165) is 29.4 Å². The van der Waals surface area contributed by atoms with Crippen molar-refractivity contribution in [1.29, 1.82) is 0 Å². The van der Waals surface area contributed by atoms with E-state index in [-0.39, 0.29) is 6.03 Å². The fourth-order valence-electron chi connectivity index (χ4n) is 2.33. The van der Waals surface area contributed by atoms with Crippen LogP contribution >= 0.6 is 0 Å². The highest BCUT2D eigenvalue weighted by atomic mass is 16.2. The number of nitrogens with zero attached hydrogens (tertiary/aromatic N) is 1. The first-order valence-corrected chi connectivity index (χ1v) is 7.33. The average Bonchev–Trinajstić information content (AvgIpc) is 3.00. The minimum absolute atomic E-state index is 0.188. The molecule has 3 rings (SSSR count). The molecule has 0 aliphatic rings. The van der Waals surface area contributed by atoms with Gasteiger partial charge < -0.3 is 10.6 Å². The summed E-state index contributed by atoms with van der Waals surface area (Å²) in [5.74, 6) is 0. The number of aryl methyl sites for hydroxylation is 1. The molecule has 1 aromatic heterocycles. The predicted molar refractivity (Wildman–Crippen MR) is 87.9 cm³/mol. The van der Waals surface area contributed by atoms with E-state index in [1.54, 1.807) is 6.20 Å². The summed E-state index contributed by atoms with van der Waals surface area (Å²) in [6.07, 6.45) is 3.63. The zero-order valence-corrected chi connectivity index (χ0v) is 12.2. The number of amides is 2. The van der Waals surface area contributed by atoms with E-state index in [9.17, 15) is 4.79 Å². The minimum atomic E-state index is -0.188. The maximum Gasteiger partial charge on any atom is 0.319 e. The molecule has 3 aromatic rings. The third-order valence-corrected chi connectivity index (χ3v) is 3.47. The smallest absolute Gasteiger partial charge is 0.319 e. The molecule has 1 heterocycles. The molecule has 0 spiro atoms. The van der Waals surface area contributed by atoms with Crippen molar-refractivity contribution in [3.8, 4) is 0 Å². The monoisotopic (exact) mass is 294 g/mol. The van der Waals surface area contributed by atoms with E-state index >= 15 is 0 Å². The Labute approximate surface area is 128 Å². The van der Waals surface area contributed by atoms with E-state index in [2.05, 4.69) is 33.0 Å². The highest BCUT2D eigenvalue weighted by Gasteiger charge is 2.03. The van der Waals surface area contributed by atoms with Gasteiger partial charge in [-0.3, -0.25) is 5.10 Å². The van der Waals surface area contributed by atoms with Crippen LogP contribution in [0.3, 0.4) is 0 Å². The van der Waals surface area contributed by atoms with E-state index in [4.69, 9.17) is 0 Å². The first kappa shape index (κ1) is 14.1. The van der Waals surface area contributed by atoms with Crippen molar-refractivity contribution in [2.75, 3.05) is 11.9 Å². The summed E-state index contributed by atoms with van der Waals surface area (Å²) in [6, 6.07) is 15.7. The number of urea groups is 1. The molecule has 0 unspecified atom stereocenters. The van der Waals surface area contributed by atoms with E-state index in [1.165, 1.54) is 5.56 Å². The number of hydrogen-bond donors (Lipinski definition) is 3. The zero-order chi connectivity index (χ0) is 15.2. The van der Waals surface area contributed by atoms with Crippen LogP contribution in [0.4, 0.5) is 10.5 Å². The van der Waals surface area contributed by atoms with E-state index in [0.29, 0.717) is 6.54 Å². The van der Waals surface area contributed by atoms with Crippen LogP contribution in [0.5, 0.6) is 0 Å². The van der Waals surface area contributed by atoms with Crippen molar-refractivity contribution in [1.82, 2.24) is 15.5 Å². The normalized spacial score (nSPS) is 10.5. The van der Waals surface area contributed by atoms with Gasteiger partial charge in [-0.25, -0.2) is 4.79 Å². The van der Waals surface area contributed by atoms with Crippen molar-refractivity contribution < 1.29 is 4.79 Å². The first-order valence-electron chi connectivity index (χ1n) is 7.33. The third-order valence-electron chi connectivity index (χ3n) is 3.47. The molecule has 5 heteroatoms. The highest BCUT2D eigenvalue weighted by molar-refractivity contribution is 5.92. The number of aromatic nitrogens is 2. The van der Waals surface area contributed by atoms with Crippen LogP contribution in [0.1, 0.15) is 12.0 Å². The molecule has 2 aromatic carbocycles. The second kappa shape index (κ2) is 6.76. The maximum atomic E-state index is 11.9. The topological polar surface area (TPSA) is 69.8 Å².